The SMILES string of the molecule is CCOC(=O)c1ccc(C(=O)OCC)c(NS(=O)(=O)c2cn(C)nc2C)c1. The van der Waals surface area contributed by atoms with Gasteiger partial charge in [0.15, 0.2) is 0 Å². The first-order chi connectivity index (χ1) is 12.7. The van der Waals surface area contributed by atoms with Crippen molar-refractivity contribution in [2.75, 3.05) is 17.9 Å². The Morgan fingerprint density at radius 3 is 2.33 bits per heavy atom. The first-order valence-electron chi connectivity index (χ1n) is 8.21. The smallest absolute Gasteiger partial charge is 0.340 e. The van der Waals surface area contributed by atoms with Crippen LogP contribution in [0.4, 0.5) is 5.69 Å². The van der Waals surface area contributed by atoms with E-state index in [-0.39, 0.29) is 34.9 Å². The zero-order valence-electron chi connectivity index (χ0n) is 15.5. The van der Waals surface area contributed by atoms with E-state index in [2.05, 4.69) is 9.82 Å². The molecule has 1 aromatic heterocycles. The zero-order chi connectivity index (χ0) is 20.2. The molecule has 2 aromatic rings. The van der Waals surface area contributed by atoms with Gasteiger partial charge in [0.1, 0.15) is 4.90 Å². The minimum atomic E-state index is -4.04. The lowest BCUT2D eigenvalue weighted by Crippen LogP contribution is -2.18. The summed E-state index contributed by atoms with van der Waals surface area (Å²) < 4.78 is 39.1. The van der Waals surface area contributed by atoms with Crippen molar-refractivity contribution in [2.45, 2.75) is 25.7 Å². The summed E-state index contributed by atoms with van der Waals surface area (Å²) in [4.78, 5) is 24.1. The Hall–Kier alpha value is -2.88. The summed E-state index contributed by atoms with van der Waals surface area (Å²) in [6.45, 7) is 5.12. The number of sulfonamides is 1. The predicted molar refractivity (Wildman–Crippen MR) is 97.1 cm³/mol. The predicted octanol–water partition coefficient (Wildman–Crippen LogP) is 1.88. The summed E-state index contributed by atoms with van der Waals surface area (Å²) in [5.74, 6) is -1.35. The molecule has 0 atom stereocenters. The van der Waals surface area contributed by atoms with Crippen LogP contribution in [0.15, 0.2) is 29.3 Å². The molecular weight excluding hydrogens is 374 g/mol. The molecule has 0 radical (unpaired) electrons. The lowest BCUT2D eigenvalue weighted by molar-refractivity contribution is 0.0512. The Morgan fingerprint density at radius 1 is 1.15 bits per heavy atom. The van der Waals surface area contributed by atoms with Gasteiger partial charge in [-0.3, -0.25) is 9.40 Å². The lowest BCUT2D eigenvalue weighted by atomic mass is 10.1. The monoisotopic (exact) mass is 395 g/mol. The van der Waals surface area contributed by atoms with Gasteiger partial charge < -0.3 is 9.47 Å². The van der Waals surface area contributed by atoms with E-state index in [1.807, 2.05) is 0 Å². The highest BCUT2D eigenvalue weighted by molar-refractivity contribution is 7.92. The number of rotatable bonds is 7. The van der Waals surface area contributed by atoms with Crippen molar-refractivity contribution < 1.29 is 27.5 Å². The molecule has 10 heteroatoms. The van der Waals surface area contributed by atoms with Gasteiger partial charge in [0, 0.05) is 13.2 Å². The van der Waals surface area contributed by atoms with Crippen molar-refractivity contribution in [3.05, 3.63) is 41.2 Å². The Kier molecular flexibility index (Phi) is 6.21. The number of ether oxygens (including phenoxy) is 2. The number of esters is 2. The number of carbonyl (C=O) groups is 2. The Bertz CT molecular complexity index is 965. The molecule has 27 heavy (non-hydrogen) atoms. The van der Waals surface area contributed by atoms with Crippen LogP contribution < -0.4 is 4.72 Å². The van der Waals surface area contributed by atoms with E-state index in [0.717, 1.165) is 0 Å². The molecule has 0 saturated heterocycles. The van der Waals surface area contributed by atoms with Crippen LogP contribution >= 0.6 is 0 Å². The average Bonchev–Trinajstić information content (AvgIpc) is 2.94. The second-order valence-corrected chi connectivity index (χ2v) is 7.21. The summed E-state index contributed by atoms with van der Waals surface area (Å²) in [5.41, 5.74) is 0.298. The zero-order valence-corrected chi connectivity index (χ0v) is 16.3. The van der Waals surface area contributed by atoms with Gasteiger partial charge in [-0.1, -0.05) is 0 Å². The van der Waals surface area contributed by atoms with Crippen molar-refractivity contribution in [1.82, 2.24) is 9.78 Å². The largest absolute Gasteiger partial charge is 0.462 e. The molecule has 0 aliphatic rings. The number of nitrogens with one attached hydrogen (secondary N) is 1. The fraction of sp³-hybridized carbons (Fsp3) is 0.353. The van der Waals surface area contributed by atoms with Crippen molar-refractivity contribution in [3.63, 3.8) is 0 Å². The molecule has 0 fully saturated rings. The van der Waals surface area contributed by atoms with Gasteiger partial charge in [-0.25, -0.2) is 18.0 Å². The fourth-order valence-corrected chi connectivity index (χ4v) is 3.69. The van der Waals surface area contributed by atoms with Crippen LogP contribution in [-0.2, 0) is 26.5 Å². The molecule has 1 aromatic carbocycles. The van der Waals surface area contributed by atoms with Crippen LogP contribution in [0.1, 0.15) is 40.3 Å². The standard InChI is InChI=1S/C17H21N3O6S/c1-5-25-16(21)12-7-8-13(17(22)26-6-2)14(9-12)19-27(23,24)15-10-20(4)18-11(15)3/h7-10,19H,5-6H2,1-4H3. The van der Waals surface area contributed by atoms with Gasteiger partial charge in [-0.05, 0) is 39.0 Å². The highest BCUT2D eigenvalue weighted by atomic mass is 32.2. The molecule has 2 rings (SSSR count). The van der Waals surface area contributed by atoms with Gasteiger partial charge in [0.05, 0.1) is 35.7 Å². The maximum atomic E-state index is 12.7. The number of hydrogen-bond donors (Lipinski definition) is 1. The van der Waals surface area contributed by atoms with Crippen molar-refractivity contribution in [1.29, 1.82) is 0 Å². The van der Waals surface area contributed by atoms with Crippen LogP contribution in [0, 0.1) is 6.92 Å². The maximum Gasteiger partial charge on any atom is 0.340 e. The van der Waals surface area contributed by atoms with E-state index < -0.39 is 22.0 Å². The van der Waals surface area contributed by atoms with Crippen molar-refractivity contribution in [3.8, 4) is 0 Å². The second-order valence-electron chi connectivity index (χ2n) is 5.56. The Labute approximate surface area is 157 Å². The number of aryl methyl sites for hydroxylation is 2. The second kappa shape index (κ2) is 8.21. The highest BCUT2D eigenvalue weighted by Gasteiger charge is 2.24. The third-order valence-electron chi connectivity index (χ3n) is 3.53. The van der Waals surface area contributed by atoms with Crippen LogP contribution in [0.3, 0.4) is 0 Å². The van der Waals surface area contributed by atoms with E-state index >= 15 is 0 Å². The first-order valence-corrected chi connectivity index (χ1v) is 9.69. The lowest BCUT2D eigenvalue weighted by Gasteiger charge is -2.13. The molecule has 0 unspecified atom stereocenters. The molecule has 1 heterocycles. The van der Waals surface area contributed by atoms with E-state index in [4.69, 9.17) is 9.47 Å². The topological polar surface area (TPSA) is 117 Å². The molecule has 0 bridgehead atoms. The summed E-state index contributed by atoms with van der Waals surface area (Å²) in [5, 5.41) is 4.01. The molecule has 0 amide bonds. The molecule has 0 aliphatic heterocycles. The van der Waals surface area contributed by atoms with E-state index in [0.29, 0.717) is 5.69 Å². The third kappa shape index (κ3) is 4.64. The van der Waals surface area contributed by atoms with E-state index in [9.17, 15) is 18.0 Å². The number of hydrogen-bond acceptors (Lipinski definition) is 7. The summed E-state index contributed by atoms with van der Waals surface area (Å²) in [7, 11) is -2.45. The fourth-order valence-electron chi connectivity index (χ4n) is 2.40. The van der Waals surface area contributed by atoms with Crippen LogP contribution in [0.2, 0.25) is 0 Å². The average molecular weight is 395 g/mol. The van der Waals surface area contributed by atoms with Crippen LogP contribution in [0.5, 0.6) is 0 Å². The minimum absolute atomic E-state index is 0.0185. The number of nitrogens with zero attached hydrogens (tertiary/aromatic N) is 2. The molecule has 1 N–H and O–H groups in total. The van der Waals surface area contributed by atoms with Gasteiger partial charge >= 0.3 is 11.9 Å². The van der Waals surface area contributed by atoms with Gasteiger partial charge in [-0.2, -0.15) is 5.10 Å². The molecule has 9 nitrogen and oxygen atoms in total. The van der Waals surface area contributed by atoms with Crippen molar-refractivity contribution in [2.24, 2.45) is 7.05 Å². The third-order valence-corrected chi connectivity index (χ3v) is 5.00. The molecule has 0 saturated carbocycles. The molecular formula is C17H21N3O6S. The maximum absolute atomic E-state index is 12.7. The Balaban J connectivity index is 2.50. The van der Waals surface area contributed by atoms with Gasteiger partial charge in [-0.15, -0.1) is 0 Å². The summed E-state index contributed by atoms with van der Waals surface area (Å²) in [6, 6.07) is 3.93. The number of anilines is 1. The van der Waals surface area contributed by atoms with Gasteiger partial charge in [0.2, 0.25) is 0 Å². The molecule has 0 spiro atoms. The quantitative estimate of drug-likeness (QED) is 0.711. The number of benzene rings is 1. The van der Waals surface area contributed by atoms with Crippen LogP contribution in [0.25, 0.3) is 0 Å². The van der Waals surface area contributed by atoms with Crippen molar-refractivity contribution >= 4 is 27.6 Å². The summed E-state index contributed by atoms with van der Waals surface area (Å²) >= 11 is 0. The van der Waals surface area contributed by atoms with E-state index in [1.54, 1.807) is 27.8 Å². The Morgan fingerprint density at radius 2 is 1.78 bits per heavy atom. The van der Waals surface area contributed by atoms with Crippen LogP contribution in [-0.4, -0.2) is 43.4 Å². The normalized spacial score (nSPS) is 11.1. The van der Waals surface area contributed by atoms with E-state index in [1.165, 1.54) is 29.1 Å². The highest BCUT2D eigenvalue weighted by Crippen LogP contribution is 2.24. The molecule has 146 valence electrons. The first kappa shape index (κ1) is 20.4. The summed E-state index contributed by atoms with van der Waals surface area (Å²) in [6.07, 6.45) is 1.34. The number of aromatic nitrogens is 2. The number of carbonyl (C=O) groups excluding carboxylic acids is 2. The molecule has 0 aliphatic carbocycles. The van der Waals surface area contributed by atoms with Gasteiger partial charge in [0.25, 0.3) is 10.0 Å². The minimum Gasteiger partial charge on any atom is -0.462 e.